The Kier molecular flexibility index (Phi) is 1.58. The van der Waals surface area contributed by atoms with Crippen LogP contribution in [0.5, 0.6) is 0 Å². The maximum atomic E-state index is 12.3. The number of hydrogen-bond donors (Lipinski definition) is 0. The summed E-state index contributed by atoms with van der Waals surface area (Å²) in [4.78, 5) is 0. The normalized spacial score (nSPS) is 23.7. The summed E-state index contributed by atoms with van der Waals surface area (Å²) < 4.78 is 24.6. The Morgan fingerprint density at radius 1 is 1.67 bits per heavy atom. The fraction of sp³-hybridized carbons (Fsp3) is 0.333. The zero-order chi connectivity index (χ0) is 6.91. The highest BCUT2D eigenvalue weighted by atomic mass is 35.5. The lowest BCUT2D eigenvalue weighted by atomic mass is 10.1. The average Bonchev–Trinajstić information content (AvgIpc) is 1.77. The molecular weight excluding hydrogens is 146 g/mol. The minimum absolute atomic E-state index is 0.400. The van der Waals surface area contributed by atoms with Gasteiger partial charge in [0.05, 0.1) is 5.03 Å². The van der Waals surface area contributed by atoms with E-state index in [2.05, 4.69) is 6.08 Å². The molecule has 0 saturated heterocycles. The van der Waals surface area contributed by atoms with Gasteiger partial charge in [-0.05, 0) is 12.2 Å². The Hall–Kier alpha value is -0.370. The molecule has 9 heavy (non-hydrogen) atoms. The zero-order valence-electron chi connectivity index (χ0n) is 4.50. The molecular formula is C6H4ClF2. The first kappa shape index (κ1) is 6.75. The van der Waals surface area contributed by atoms with E-state index >= 15 is 0 Å². The minimum Gasteiger partial charge on any atom is -0.200 e. The van der Waals surface area contributed by atoms with Crippen molar-refractivity contribution in [3.63, 3.8) is 0 Å². The van der Waals surface area contributed by atoms with Crippen molar-refractivity contribution < 1.29 is 8.78 Å². The second kappa shape index (κ2) is 2.10. The van der Waals surface area contributed by atoms with Gasteiger partial charge in [-0.1, -0.05) is 17.7 Å². The minimum atomic E-state index is -2.88. The van der Waals surface area contributed by atoms with Gasteiger partial charge in [0, 0.05) is 6.42 Å². The number of halogens is 3. The van der Waals surface area contributed by atoms with Gasteiger partial charge < -0.3 is 0 Å². The highest BCUT2D eigenvalue weighted by Crippen LogP contribution is 2.32. The highest BCUT2D eigenvalue weighted by Gasteiger charge is 2.32. The van der Waals surface area contributed by atoms with Crippen LogP contribution in [0.2, 0.25) is 0 Å². The van der Waals surface area contributed by atoms with Gasteiger partial charge in [-0.2, -0.15) is 8.78 Å². The summed E-state index contributed by atoms with van der Waals surface area (Å²) >= 11 is 5.15. The Morgan fingerprint density at radius 3 is 2.67 bits per heavy atom. The molecule has 0 aromatic rings. The second-order valence-electron chi connectivity index (χ2n) is 1.77. The second-order valence-corrected chi connectivity index (χ2v) is 2.17. The molecule has 0 heterocycles. The molecule has 3 heteroatoms. The lowest BCUT2D eigenvalue weighted by molar-refractivity contribution is 0.0502. The van der Waals surface area contributed by atoms with Gasteiger partial charge in [-0.25, -0.2) is 0 Å². The predicted molar refractivity (Wildman–Crippen MR) is 31.3 cm³/mol. The van der Waals surface area contributed by atoms with Crippen molar-refractivity contribution >= 4 is 11.6 Å². The summed E-state index contributed by atoms with van der Waals surface area (Å²) in [5, 5.41) is -0.402. The van der Waals surface area contributed by atoms with E-state index in [1.54, 1.807) is 0 Å². The Morgan fingerprint density at radius 2 is 2.33 bits per heavy atom. The van der Waals surface area contributed by atoms with E-state index in [9.17, 15) is 8.78 Å². The fourth-order valence-electron chi connectivity index (χ4n) is 0.526. The van der Waals surface area contributed by atoms with Crippen molar-refractivity contribution in [2.45, 2.75) is 12.3 Å². The molecule has 0 aromatic heterocycles. The quantitative estimate of drug-likeness (QED) is 0.497. The lowest BCUT2D eigenvalue weighted by Crippen LogP contribution is -2.16. The molecule has 1 rings (SSSR count). The third kappa shape index (κ3) is 1.30. The fourth-order valence-corrected chi connectivity index (χ4v) is 0.655. The Labute approximate surface area is 56.8 Å². The molecule has 0 spiro atoms. The van der Waals surface area contributed by atoms with Crippen molar-refractivity contribution in [1.29, 1.82) is 0 Å². The summed E-state index contributed by atoms with van der Waals surface area (Å²) in [5.74, 6) is -2.88. The summed E-state index contributed by atoms with van der Waals surface area (Å²) in [6, 6.07) is 0. The first-order chi connectivity index (χ1) is 4.13. The van der Waals surface area contributed by atoms with E-state index < -0.39 is 17.4 Å². The van der Waals surface area contributed by atoms with Crippen molar-refractivity contribution in [2.24, 2.45) is 0 Å². The van der Waals surface area contributed by atoms with Crippen LogP contribution in [0.4, 0.5) is 8.78 Å². The third-order valence-electron chi connectivity index (χ3n) is 1.02. The van der Waals surface area contributed by atoms with Gasteiger partial charge in [0.15, 0.2) is 0 Å². The van der Waals surface area contributed by atoms with Crippen LogP contribution in [0.25, 0.3) is 0 Å². The molecule has 0 amide bonds. The van der Waals surface area contributed by atoms with Crippen molar-refractivity contribution in [3.8, 4) is 0 Å². The average molecular weight is 150 g/mol. The monoisotopic (exact) mass is 149 g/mol. The number of allylic oxidation sites excluding steroid dienone is 4. The van der Waals surface area contributed by atoms with E-state index in [1.807, 2.05) is 0 Å². The van der Waals surface area contributed by atoms with E-state index in [-0.39, 0.29) is 0 Å². The Bertz CT molecular complexity index is 170. The SMILES string of the molecule is FC1(F)C[C]=CC=C1Cl. The number of alkyl halides is 2. The summed E-state index contributed by atoms with van der Waals surface area (Å²) in [6.07, 6.45) is 4.53. The summed E-state index contributed by atoms with van der Waals surface area (Å²) in [7, 11) is 0. The molecule has 0 aliphatic heterocycles. The van der Waals surface area contributed by atoms with Crippen LogP contribution < -0.4 is 0 Å². The molecule has 0 bridgehead atoms. The van der Waals surface area contributed by atoms with E-state index in [0.717, 1.165) is 6.08 Å². The maximum absolute atomic E-state index is 12.3. The van der Waals surface area contributed by atoms with Gasteiger partial charge in [0.1, 0.15) is 0 Å². The molecule has 0 unspecified atom stereocenters. The van der Waals surface area contributed by atoms with Gasteiger partial charge in [-0.3, -0.25) is 0 Å². The van der Waals surface area contributed by atoms with Gasteiger partial charge >= 0.3 is 0 Å². The van der Waals surface area contributed by atoms with E-state index in [0.29, 0.717) is 0 Å². The molecule has 0 N–H and O–H groups in total. The molecule has 0 saturated carbocycles. The molecule has 49 valence electrons. The number of hydrogen-bond acceptors (Lipinski definition) is 0. The van der Waals surface area contributed by atoms with Gasteiger partial charge in [-0.15, -0.1) is 0 Å². The largest absolute Gasteiger partial charge is 0.287 e. The first-order valence-corrected chi connectivity index (χ1v) is 2.81. The standard InChI is InChI=1S/C6H4ClF2/c7-5-3-1-2-4-6(5,8)9/h1,3H,4H2. The summed E-state index contributed by atoms with van der Waals surface area (Å²) in [5.41, 5.74) is 0. The Balaban J connectivity index is 2.83. The van der Waals surface area contributed by atoms with Crippen LogP contribution in [-0.4, -0.2) is 5.92 Å². The third-order valence-corrected chi connectivity index (χ3v) is 1.42. The molecule has 1 aliphatic carbocycles. The summed E-state index contributed by atoms with van der Waals surface area (Å²) in [6.45, 7) is 0. The van der Waals surface area contributed by atoms with Gasteiger partial charge in [0.2, 0.25) is 0 Å². The van der Waals surface area contributed by atoms with Crippen LogP contribution >= 0.6 is 11.6 Å². The van der Waals surface area contributed by atoms with Crippen LogP contribution in [0, 0.1) is 6.08 Å². The first-order valence-electron chi connectivity index (χ1n) is 2.43. The van der Waals surface area contributed by atoms with Crippen LogP contribution in [-0.2, 0) is 0 Å². The topological polar surface area (TPSA) is 0 Å². The molecule has 1 aliphatic rings. The zero-order valence-corrected chi connectivity index (χ0v) is 5.25. The van der Waals surface area contributed by atoms with E-state index in [4.69, 9.17) is 11.6 Å². The molecule has 0 aromatic carbocycles. The van der Waals surface area contributed by atoms with Crippen molar-refractivity contribution in [1.82, 2.24) is 0 Å². The molecule has 0 nitrogen and oxygen atoms in total. The smallest absolute Gasteiger partial charge is 0.200 e. The van der Waals surface area contributed by atoms with Crippen molar-refractivity contribution in [3.05, 3.63) is 23.3 Å². The van der Waals surface area contributed by atoms with E-state index in [1.165, 1.54) is 6.08 Å². The molecule has 0 atom stereocenters. The maximum Gasteiger partial charge on any atom is 0.287 e. The van der Waals surface area contributed by atoms with Crippen LogP contribution in [0.15, 0.2) is 17.2 Å². The number of rotatable bonds is 0. The van der Waals surface area contributed by atoms with Crippen molar-refractivity contribution in [2.75, 3.05) is 0 Å². The van der Waals surface area contributed by atoms with Crippen LogP contribution in [0.1, 0.15) is 6.42 Å². The van der Waals surface area contributed by atoms with Gasteiger partial charge in [0.25, 0.3) is 5.92 Å². The van der Waals surface area contributed by atoms with Crippen LogP contribution in [0.3, 0.4) is 0 Å². The molecule has 0 fully saturated rings. The lowest BCUT2D eigenvalue weighted by Gasteiger charge is -2.14. The highest BCUT2D eigenvalue weighted by molar-refractivity contribution is 6.30. The molecule has 1 radical (unpaired) electrons. The predicted octanol–water partition coefficient (Wildman–Crippen LogP) is 2.51.